The van der Waals surface area contributed by atoms with Crippen molar-refractivity contribution < 1.29 is 18.9 Å². The van der Waals surface area contributed by atoms with Crippen LogP contribution in [0.4, 0.5) is 0 Å². The Hall–Kier alpha value is -7.32. The summed E-state index contributed by atoms with van der Waals surface area (Å²) in [7, 11) is 0. The van der Waals surface area contributed by atoms with Crippen LogP contribution in [-0.2, 0) is 77.0 Å². The van der Waals surface area contributed by atoms with Crippen LogP contribution in [0.3, 0.4) is 0 Å². The summed E-state index contributed by atoms with van der Waals surface area (Å²) in [5.41, 5.74) is 15.6. The van der Waals surface area contributed by atoms with Gasteiger partial charge in [-0.3, -0.25) is 19.9 Å². The Morgan fingerprint density at radius 3 is 0.651 bits per heavy atom. The number of hydrogen-bond acceptors (Lipinski definition) is 8. The Morgan fingerprint density at radius 1 is 0.179 bits per heavy atom. The van der Waals surface area contributed by atoms with Crippen molar-refractivity contribution in [3.63, 3.8) is 0 Å². The van der Waals surface area contributed by atoms with Gasteiger partial charge in [0.15, 0.2) is 0 Å². The Kier molecular flexibility index (Phi) is 51.1. The largest absolute Gasteiger partial charge is 0.494 e. The van der Waals surface area contributed by atoms with Crippen molar-refractivity contribution in [3.05, 3.63) is 238 Å². The maximum absolute atomic E-state index is 5.79. The molecule has 4 aromatic carbocycles. The van der Waals surface area contributed by atoms with E-state index in [1.807, 2.05) is 6.92 Å². The molecule has 0 N–H and O–H groups in total. The number of pyridine rings is 4. The van der Waals surface area contributed by atoms with E-state index in [9.17, 15) is 0 Å². The van der Waals surface area contributed by atoms with Crippen molar-refractivity contribution in [2.75, 3.05) is 26.4 Å². The van der Waals surface area contributed by atoms with Crippen LogP contribution in [-0.4, -0.2) is 46.4 Å². The molecule has 0 aliphatic heterocycles. The molecular formula is C98H144N4O4. The first-order chi connectivity index (χ1) is 52.3. The molecule has 0 saturated carbocycles. The first-order valence-corrected chi connectivity index (χ1v) is 42.9. The number of nitrogens with zero attached hydrogens (tertiary/aromatic N) is 4. The van der Waals surface area contributed by atoms with Crippen LogP contribution in [0.1, 0.15) is 315 Å². The minimum atomic E-state index is 0.717. The smallest absolute Gasteiger partial charge is 0.119 e. The number of benzene rings is 4. The van der Waals surface area contributed by atoms with Crippen LogP contribution in [0.25, 0.3) is 0 Å². The van der Waals surface area contributed by atoms with Gasteiger partial charge in [0.2, 0.25) is 0 Å². The first kappa shape index (κ1) is 89.3. The number of aromatic nitrogens is 4. The second kappa shape index (κ2) is 60.7. The number of rotatable bonds is 54. The van der Waals surface area contributed by atoms with Gasteiger partial charge in [0.1, 0.15) is 23.0 Å². The van der Waals surface area contributed by atoms with Crippen molar-refractivity contribution >= 4 is 0 Å². The molecule has 8 aromatic rings. The van der Waals surface area contributed by atoms with Gasteiger partial charge in [-0.1, -0.05) is 269 Å². The molecule has 8 rings (SSSR count). The third-order valence-corrected chi connectivity index (χ3v) is 19.8. The monoisotopic (exact) mass is 1440 g/mol. The topological polar surface area (TPSA) is 88.5 Å². The molecule has 8 nitrogen and oxygen atoms in total. The maximum Gasteiger partial charge on any atom is 0.119 e. The lowest BCUT2D eigenvalue weighted by Crippen LogP contribution is -1.98. The van der Waals surface area contributed by atoms with E-state index in [4.69, 9.17) is 18.9 Å². The van der Waals surface area contributed by atoms with E-state index < -0.39 is 0 Å². The zero-order valence-corrected chi connectivity index (χ0v) is 68.1. The zero-order chi connectivity index (χ0) is 75.2. The molecule has 0 amide bonds. The molecule has 8 heteroatoms. The van der Waals surface area contributed by atoms with Crippen LogP contribution < -0.4 is 18.9 Å². The van der Waals surface area contributed by atoms with Crippen LogP contribution in [0, 0.1) is 0 Å². The fraction of sp³-hybridized carbons (Fsp3) is 0.551. The normalized spacial score (nSPS) is 10.9. The number of aryl methyl sites for hydroxylation is 12. The Balaban J connectivity index is 0.000000254. The standard InChI is InChI=1S/C26H39NO.C25H37NO.C24H35NO.C23H33NO/c1-3-5-7-8-9-10-12-24-14-18-25(27-22-24)17-13-23-15-19-26(20-16-23)28-21-11-6-4-2;1-3-5-7-8-9-10-11-23-13-17-24(26-21-23)16-12-22-14-18-25(19-15-22)27-20-6-4-2;1-3-5-6-7-8-9-10-22-12-16-23(25-20-22)15-11-21-13-17-24(18-14-21)26-19-4-2;1-3-5-6-7-8-9-10-21-12-16-22(24-19-21)15-11-20-13-17-23(18-14-20)25-4-2/h14-16,18-20,22H,3-13,17,21H2,1-2H3;13-15,17-19,21H,3-12,16,20H2,1-2H3;12-14,16-18,20H,3-11,15,19H2,1-2H3;12-14,16-19H,3-11,15H2,1-2H3. The average Bonchev–Trinajstić information content (AvgIpc) is 1.05. The van der Waals surface area contributed by atoms with Gasteiger partial charge >= 0.3 is 0 Å². The minimum absolute atomic E-state index is 0.717. The summed E-state index contributed by atoms with van der Waals surface area (Å²) in [5.74, 6) is 3.87. The van der Waals surface area contributed by atoms with Gasteiger partial charge in [-0.15, -0.1) is 0 Å². The predicted molar refractivity (Wildman–Crippen MR) is 453 cm³/mol. The Morgan fingerprint density at radius 2 is 0.406 bits per heavy atom. The van der Waals surface area contributed by atoms with Crippen molar-refractivity contribution in [2.45, 2.75) is 325 Å². The lowest BCUT2D eigenvalue weighted by molar-refractivity contribution is 0.306. The van der Waals surface area contributed by atoms with E-state index in [1.54, 1.807) is 0 Å². The molecular weight excluding hydrogens is 1300 g/mol. The minimum Gasteiger partial charge on any atom is -0.494 e. The van der Waals surface area contributed by atoms with Crippen LogP contribution in [0.5, 0.6) is 23.0 Å². The highest BCUT2D eigenvalue weighted by Gasteiger charge is 2.07. The highest BCUT2D eigenvalue weighted by molar-refractivity contribution is 5.32. The molecule has 0 aliphatic rings. The number of unbranched alkanes of at least 4 members (excludes halogenated alkanes) is 23. The summed E-state index contributed by atoms with van der Waals surface area (Å²) < 4.78 is 22.6. The van der Waals surface area contributed by atoms with Crippen molar-refractivity contribution in [1.82, 2.24) is 19.9 Å². The molecule has 0 atom stereocenters. The van der Waals surface area contributed by atoms with Gasteiger partial charge in [0, 0.05) is 47.6 Å². The molecule has 0 fully saturated rings. The first-order valence-electron chi connectivity index (χ1n) is 42.9. The molecule has 0 unspecified atom stereocenters. The van der Waals surface area contributed by atoms with Gasteiger partial charge in [0.05, 0.1) is 26.4 Å². The van der Waals surface area contributed by atoms with Crippen molar-refractivity contribution in [3.8, 4) is 23.0 Å². The average molecular weight is 1440 g/mol. The fourth-order valence-corrected chi connectivity index (χ4v) is 12.8. The molecule has 0 bridgehead atoms. The fourth-order valence-electron chi connectivity index (χ4n) is 12.8. The highest BCUT2D eigenvalue weighted by atomic mass is 16.5. The van der Waals surface area contributed by atoms with Gasteiger partial charge in [-0.05, 0) is 246 Å². The summed E-state index contributed by atoms with van der Waals surface area (Å²) >= 11 is 0. The molecule has 580 valence electrons. The van der Waals surface area contributed by atoms with Gasteiger partial charge in [-0.2, -0.15) is 0 Å². The second-order valence-electron chi connectivity index (χ2n) is 29.3. The lowest BCUT2D eigenvalue weighted by Gasteiger charge is -2.07. The third-order valence-electron chi connectivity index (χ3n) is 19.8. The highest BCUT2D eigenvalue weighted by Crippen LogP contribution is 2.21. The van der Waals surface area contributed by atoms with E-state index in [0.29, 0.717) is 6.61 Å². The number of hydrogen-bond donors (Lipinski definition) is 0. The van der Waals surface area contributed by atoms with E-state index in [1.165, 1.54) is 260 Å². The van der Waals surface area contributed by atoms with E-state index in [2.05, 4.69) is 239 Å². The molecule has 4 heterocycles. The second-order valence-corrected chi connectivity index (χ2v) is 29.3. The third kappa shape index (κ3) is 43.5. The molecule has 0 saturated heterocycles. The summed E-state index contributed by atoms with van der Waals surface area (Å²) in [6, 6.07) is 51.8. The quantitative estimate of drug-likeness (QED) is 0.0349. The van der Waals surface area contributed by atoms with Gasteiger partial charge in [-0.25, -0.2) is 0 Å². The number of ether oxygens (including phenoxy) is 4. The maximum atomic E-state index is 5.79. The van der Waals surface area contributed by atoms with E-state index >= 15 is 0 Å². The van der Waals surface area contributed by atoms with Crippen LogP contribution in [0.15, 0.2) is 170 Å². The van der Waals surface area contributed by atoms with E-state index in [0.717, 1.165) is 120 Å². The summed E-state index contributed by atoms with van der Waals surface area (Å²) in [5, 5.41) is 0. The summed E-state index contributed by atoms with van der Waals surface area (Å²) in [4.78, 5) is 18.6. The van der Waals surface area contributed by atoms with Gasteiger partial charge in [0.25, 0.3) is 0 Å². The molecule has 0 aliphatic carbocycles. The Bertz CT molecular complexity index is 3280. The van der Waals surface area contributed by atoms with Gasteiger partial charge < -0.3 is 18.9 Å². The van der Waals surface area contributed by atoms with E-state index in [-0.39, 0.29) is 0 Å². The molecule has 0 radical (unpaired) electrons. The predicted octanol–water partition coefficient (Wildman–Crippen LogP) is 27.0. The molecule has 4 aromatic heterocycles. The summed E-state index contributed by atoms with van der Waals surface area (Å²) in [6.07, 6.45) is 60.4. The Labute approximate surface area is 647 Å². The van der Waals surface area contributed by atoms with Crippen molar-refractivity contribution in [2.24, 2.45) is 0 Å². The van der Waals surface area contributed by atoms with Crippen LogP contribution in [0.2, 0.25) is 0 Å². The van der Waals surface area contributed by atoms with Crippen LogP contribution >= 0.6 is 0 Å². The molecule has 0 spiro atoms. The zero-order valence-electron chi connectivity index (χ0n) is 68.1. The molecule has 106 heavy (non-hydrogen) atoms. The summed E-state index contributed by atoms with van der Waals surface area (Å²) in [6.45, 7) is 20.7. The lowest BCUT2D eigenvalue weighted by atomic mass is 10.0. The SMILES string of the molecule is CCCCCCCCc1ccc(CCc2ccc(OCC)cc2)nc1.CCCCCCCCc1ccc(CCc2ccc(OCCC)cc2)nc1.CCCCCCCCc1ccc(CCc2ccc(OCCCC)cc2)nc1.CCCCCCCCc1ccc(CCc2ccc(OCCCCC)cc2)nc1. The van der Waals surface area contributed by atoms with Crippen molar-refractivity contribution in [1.29, 1.82) is 0 Å².